The third kappa shape index (κ3) is 4.20. The van der Waals surface area contributed by atoms with Gasteiger partial charge in [-0.25, -0.2) is 9.37 Å². The quantitative estimate of drug-likeness (QED) is 0.702. The standard InChI is InChI=1S/C20H17FN2O/c1-15(23-19-10-8-18(21)9-11-19)17-7-12-20(22-13-17)24-14-16-5-3-2-4-6-16/h2-13,23H,1,14H2. The van der Waals surface area contributed by atoms with Crippen molar-refractivity contribution in [3.05, 3.63) is 96.4 Å². The molecule has 0 saturated carbocycles. The molecule has 0 aliphatic carbocycles. The molecule has 1 aromatic heterocycles. The van der Waals surface area contributed by atoms with Gasteiger partial charge in [-0.15, -0.1) is 0 Å². The van der Waals surface area contributed by atoms with Crippen LogP contribution in [-0.4, -0.2) is 4.98 Å². The normalized spacial score (nSPS) is 10.2. The zero-order valence-electron chi connectivity index (χ0n) is 13.1. The van der Waals surface area contributed by atoms with E-state index in [1.165, 1.54) is 12.1 Å². The second-order valence-electron chi connectivity index (χ2n) is 5.27. The average Bonchev–Trinajstić information content (AvgIpc) is 2.63. The van der Waals surface area contributed by atoms with Crippen molar-refractivity contribution in [2.45, 2.75) is 6.61 Å². The van der Waals surface area contributed by atoms with Gasteiger partial charge in [-0.05, 0) is 35.9 Å². The smallest absolute Gasteiger partial charge is 0.213 e. The molecule has 0 fully saturated rings. The lowest BCUT2D eigenvalue weighted by Crippen LogP contribution is -2.00. The number of nitrogens with one attached hydrogen (secondary N) is 1. The Morgan fingerprint density at radius 2 is 1.75 bits per heavy atom. The predicted molar refractivity (Wildman–Crippen MR) is 94.1 cm³/mol. The van der Waals surface area contributed by atoms with Crippen LogP contribution in [0, 0.1) is 5.82 Å². The zero-order valence-corrected chi connectivity index (χ0v) is 13.1. The van der Waals surface area contributed by atoms with Crippen LogP contribution in [0.4, 0.5) is 10.1 Å². The summed E-state index contributed by atoms with van der Waals surface area (Å²) in [5, 5.41) is 3.12. The molecule has 1 N–H and O–H groups in total. The molecule has 0 aliphatic rings. The van der Waals surface area contributed by atoms with Crippen LogP contribution in [0.3, 0.4) is 0 Å². The molecule has 3 nitrogen and oxygen atoms in total. The molecular formula is C20H17FN2O. The summed E-state index contributed by atoms with van der Waals surface area (Å²) in [6.45, 7) is 4.45. The third-order valence-corrected chi connectivity index (χ3v) is 3.45. The van der Waals surface area contributed by atoms with Gasteiger partial charge in [-0.1, -0.05) is 36.9 Å². The molecule has 120 valence electrons. The number of halogens is 1. The fourth-order valence-electron chi connectivity index (χ4n) is 2.16. The Kier molecular flexibility index (Phi) is 4.87. The highest BCUT2D eigenvalue weighted by Gasteiger charge is 2.03. The maximum atomic E-state index is 12.9. The van der Waals surface area contributed by atoms with Crippen molar-refractivity contribution in [1.29, 1.82) is 0 Å². The number of hydrogen-bond donors (Lipinski definition) is 1. The summed E-state index contributed by atoms with van der Waals surface area (Å²) >= 11 is 0. The van der Waals surface area contributed by atoms with Gasteiger partial charge >= 0.3 is 0 Å². The van der Waals surface area contributed by atoms with Crippen LogP contribution in [0.25, 0.3) is 5.70 Å². The Morgan fingerprint density at radius 1 is 1.00 bits per heavy atom. The van der Waals surface area contributed by atoms with Crippen molar-refractivity contribution in [2.75, 3.05) is 5.32 Å². The lowest BCUT2D eigenvalue weighted by Gasteiger charge is -2.10. The number of hydrogen-bond acceptors (Lipinski definition) is 3. The molecule has 24 heavy (non-hydrogen) atoms. The fourth-order valence-corrected chi connectivity index (χ4v) is 2.16. The van der Waals surface area contributed by atoms with Crippen LogP contribution >= 0.6 is 0 Å². The van der Waals surface area contributed by atoms with E-state index in [4.69, 9.17) is 4.74 Å². The SMILES string of the molecule is C=C(Nc1ccc(F)cc1)c1ccc(OCc2ccccc2)nc1. The summed E-state index contributed by atoms with van der Waals surface area (Å²) in [7, 11) is 0. The maximum Gasteiger partial charge on any atom is 0.213 e. The lowest BCUT2D eigenvalue weighted by molar-refractivity contribution is 0.294. The molecule has 3 rings (SSSR count). The van der Waals surface area contributed by atoms with Crippen molar-refractivity contribution >= 4 is 11.4 Å². The van der Waals surface area contributed by atoms with E-state index in [2.05, 4.69) is 16.9 Å². The molecule has 0 unspecified atom stereocenters. The number of nitrogens with zero attached hydrogens (tertiary/aromatic N) is 1. The summed E-state index contributed by atoms with van der Waals surface area (Å²) < 4.78 is 18.6. The molecule has 0 radical (unpaired) electrons. The number of anilines is 1. The van der Waals surface area contributed by atoms with Crippen LogP contribution in [0.2, 0.25) is 0 Å². The molecule has 0 spiro atoms. The molecular weight excluding hydrogens is 303 g/mol. The highest BCUT2D eigenvalue weighted by molar-refractivity contribution is 5.74. The van der Waals surface area contributed by atoms with Gasteiger partial charge in [0.2, 0.25) is 5.88 Å². The molecule has 0 saturated heterocycles. The predicted octanol–water partition coefficient (Wildman–Crippen LogP) is 4.88. The van der Waals surface area contributed by atoms with E-state index in [0.29, 0.717) is 18.2 Å². The topological polar surface area (TPSA) is 34.1 Å². The molecule has 4 heteroatoms. The first-order valence-electron chi connectivity index (χ1n) is 7.55. The summed E-state index contributed by atoms with van der Waals surface area (Å²) in [4.78, 5) is 4.29. The van der Waals surface area contributed by atoms with Crippen LogP contribution < -0.4 is 10.1 Å². The Bertz CT molecular complexity index is 799. The molecule has 2 aromatic carbocycles. The summed E-state index contributed by atoms with van der Waals surface area (Å²) in [6, 6.07) is 19.7. The average molecular weight is 320 g/mol. The van der Waals surface area contributed by atoms with Gasteiger partial charge in [0, 0.05) is 29.2 Å². The fraction of sp³-hybridized carbons (Fsp3) is 0.0500. The first-order chi connectivity index (χ1) is 11.7. The second-order valence-corrected chi connectivity index (χ2v) is 5.27. The number of pyridine rings is 1. The van der Waals surface area contributed by atoms with Gasteiger partial charge in [0.1, 0.15) is 12.4 Å². The van der Waals surface area contributed by atoms with E-state index in [1.807, 2.05) is 36.4 Å². The van der Waals surface area contributed by atoms with Gasteiger partial charge in [-0.2, -0.15) is 0 Å². The molecule has 1 heterocycles. The van der Waals surface area contributed by atoms with Crippen molar-refractivity contribution in [2.24, 2.45) is 0 Å². The van der Waals surface area contributed by atoms with Crippen LogP contribution in [-0.2, 0) is 6.61 Å². The third-order valence-electron chi connectivity index (χ3n) is 3.45. The van der Waals surface area contributed by atoms with E-state index >= 15 is 0 Å². The van der Waals surface area contributed by atoms with Gasteiger partial charge in [0.25, 0.3) is 0 Å². The Balaban J connectivity index is 1.59. The van der Waals surface area contributed by atoms with E-state index < -0.39 is 0 Å². The second kappa shape index (κ2) is 7.42. The molecule has 3 aromatic rings. The van der Waals surface area contributed by atoms with Gasteiger partial charge in [0.05, 0.1) is 0 Å². The minimum absolute atomic E-state index is 0.271. The summed E-state index contributed by atoms with van der Waals surface area (Å²) in [5.41, 5.74) is 3.38. The first kappa shape index (κ1) is 15.7. The van der Waals surface area contributed by atoms with Crippen molar-refractivity contribution in [3.8, 4) is 5.88 Å². The van der Waals surface area contributed by atoms with Crippen LogP contribution in [0.15, 0.2) is 79.5 Å². The Hall–Kier alpha value is -3.14. The van der Waals surface area contributed by atoms with Gasteiger partial charge in [0.15, 0.2) is 0 Å². The van der Waals surface area contributed by atoms with Crippen LogP contribution in [0.1, 0.15) is 11.1 Å². The Labute approximate surface area is 140 Å². The lowest BCUT2D eigenvalue weighted by atomic mass is 10.2. The number of ether oxygens (including phenoxy) is 1. The molecule has 0 atom stereocenters. The van der Waals surface area contributed by atoms with E-state index in [1.54, 1.807) is 24.4 Å². The highest BCUT2D eigenvalue weighted by Crippen LogP contribution is 2.19. The van der Waals surface area contributed by atoms with Crippen molar-refractivity contribution in [1.82, 2.24) is 4.98 Å². The Morgan fingerprint density at radius 3 is 2.42 bits per heavy atom. The summed E-state index contributed by atoms with van der Waals surface area (Å²) in [5.74, 6) is 0.282. The first-order valence-corrected chi connectivity index (χ1v) is 7.55. The van der Waals surface area contributed by atoms with E-state index in [0.717, 1.165) is 16.8 Å². The van der Waals surface area contributed by atoms with E-state index in [9.17, 15) is 4.39 Å². The number of aromatic nitrogens is 1. The van der Waals surface area contributed by atoms with Crippen molar-refractivity contribution < 1.29 is 9.13 Å². The molecule has 0 aliphatic heterocycles. The number of rotatable bonds is 6. The van der Waals surface area contributed by atoms with E-state index in [-0.39, 0.29) is 5.82 Å². The monoisotopic (exact) mass is 320 g/mol. The minimum Gasteiger partial charge on any atom is -0.473 e. The van der Waals surface area contributed by atoms with Gasteiger partial charge in [-0.3, -0.25) is 0 Å². The molecule has 0 amide bonds. The number of benzene rings is 2. The van der Waals surface area contributed by atoms with Gasteiger partial charge < -0.3 is 10.1 Å². The summed E-state index contributed by atoms with van der Waals surface area (Å²) in [6.07, 6.45) is 1.69. The minimum atomic E-state index is -0.271. The zero-order chi connectivity index (χ0) is 16.8. The van der Waals surface area contributed by atoms with Crippen LogP contribution in [0.5, 0.6) is 5.88 Å². The maximum absolute atomic E-state index is 12.9. The highest BCUT2D eigenvalue weighted by atomic mass is 19.1. The van der Waals surface area contributed by atoms with Crippen molar-refractivity contribution in [3.63, 3.8) is 0 Å². The largest absolute Gasteiger partial charge is 0.473 e. The molecule has 0 bridgehead atoms.